The smallest absolute Gasteiger partial charge is 0.270 e. The van der Waals surface area contributed by atoms with Crippen molar-refractivity contribution in [3.05, 3.63) is 115 Å². The molecule has 202 valence electrons. The fourth-order valence-electron chi connectivity index (χ4n) is 4.44. The average Bonchev–Trinajstić information content (AvgIpc) is 3.20. The number of carbonyl (C=O) groups is 2. The molecule has 1 fully saturated rings. The zero-order chi connectivity index (χ0) is 28.6. The van der Waals surface area contributed by atoms with E-state index < -0.39 is 11.8 Å². The van der Waals surface area contributed by atoms with E-state index in [2.05, 4.69) is 25.8 Å². The molecule has 0 atom stereocenters. The lowest BCUT2D eigenvalue weighted by Gasteiger charge is -2.29. The lowest BCUT2D eigenvalue weighted by molar-refractivity contribution is -0.122. The van der Waals surface area contributed by atoms with Crippen LogP contribution in [-0.2, 0) is 16.2 Å². The van der Waals surface area contributed by atoms with Crippen LogP contribution < -0.4 is 15.0 Å². The molecule has 0 saturated carbocycles. The van der Waals surface area contributed by atoms with Gasteiger partial charge in [-0.25, -0.2) is 0 Å². The van der Waals surface area contributed by atoms with Crippen molar-refractivity contribution < 1.29 is 14.3 Å². The van der Waals surface area contributed by atoms with E-state index in [1.165, 1.54) is 11.0 Å². The predicted molar refractivity (Wildman–Crippen MR) is 166 cm³/mol. The minimum atomic E-state index is -0.566. The Bertz CT molecular complexity index is 1680. The Morgan fingerprint density at radius 3 is 2.27 bits per heavy atom. The molecule has 0 bridgehead atoms. The van der Waals surface area contributed by atoms with Gasteiger partial charge in [-0.15, -0.1) is 0 Å². The van der Waals surface area contributed by atoms with Crippen LogP contribution >= 0.6 is 51.3 Å². The number of hydrogen-bond acceptors (Lipinski definition) is 4. The number of nitrogens with zero attached hydrogens (tertiary/aromatic N) is 2. The Balaban J connectivity index is 1.40. The first-order chi connectivity index (χ1) is 19.1. The number of rotatable bonds is 6. The summed E-state index contributed by atoms with van der Waals surface area (Å²) >= 11 is 20.9. The molecule has 4 aromatic rings. The number of halogens is 3. The van der Waals surface area contributed by atoms with Crippen molar-refractivity contribution in [2.75, 3.05) is 4.90 Å². The third-order valence-electron chi connectivity index (χ3n) is 6.45. The molecule has 1 N–H and O–H groups in total. The zero-order valence-corrected chi connectivity index (χ0v) is 25.3. The van der Waals surface area contributed by atoms with Crippen molar-refractivity contribution in [2.24, 2.45) is 0 Å². The second kappa shape index (κ2) is 11.6. The summed E-state index contributed by atoms with van der Waals surface area (Å²) < 4.78 is 9.01. The minimum Gasteiger partial charge on any atom is -0.489 e. The largest absolute Gasteiger partial charge is 0.489 e. The molecule has 2 heterocycles. The first kappa shape index (κ1) is 28.1. The van der Waals surface area contributed by atoms with Crippen LogP contribution in [0, 0.1) is 13.8 Å². The quantitative estimate of drug-likeness (QED) is 0.132. The van der Waals surface area contributed by atoms with Crippen LogP contribution in [0.2, 0.25) is 10.0 Å². The van der Waals surface area contributed by atoms with Crippen molar-refractivity contribution in [2.45, 2.75) is 20.5 Å². The summed E-state index contributed by atoms with van der Waals surface area (Å²) in [6, 6.07) is 22.4. The fraction of sp³-hybridized carbons (Fsp3) is 0.100. The number of amides is 2. The third-order valence-corrected chi connectivity index (χ3v) is 8.00. The number of anilines is 1. The molecule has 1 aliphatic heterocycles. The standard InChI is InChI=1S/C30H22BrCl2N3O3S/c1-17-13-20(14-25-28(37)34-30(40)36(29(25)38)23-9-12-26(32)27(33)15-23)18(2)35(17)22-7-10-24(11-8-22)39-16-19-3-5-21(31)6-4-19/h3-15H,16H2,1-2H3,(H,34,37,40)/b25-14+. The van der Waals surface area contributed by atoms with Gasteiger partial charge >= 0.3 is 0 Å². The van der Waals surface area contributed by atoms with Gasteiger partial charge in [0.1, 0.15) is 17.9 Å². The fourth-order valence-corrected chi connectivity index (χ4v) is 5.28. The Morgan fingerprint density at radius 1 is 0.925 bits per heavy atom. The Morgan fingerprint density at radius 2 is 1.60 bits per heavy atom. The van der Waals surface area contributed by atoms with Gasteiger partial charge < -0.3 is 9.30 Å². The lowest BCUT2D eigenvalue weighted by atomic mass is 10.1. The number of aryl methyl sites for hydroxylation is 1. The van der Waals surface area contributed by atoms with Crippen LogP contribution in [0.15, 0.2) is 82.8 Å². The summed E-state index contributed by atoms with van der Waals surface area (Å²) in [5.74, 6) is -0.369. The van der Waals surface area contributed by atoms with Gasteiger partial charge in [0.25, 0.3) is 11.8 Å². The van der Waals surface area contributed by atoms with Gasteiger partial charge in [-0.1, -0.05) is 51.3 Å². The zero-order valence-electron chi connectivity index (χ0n) is 21.4. The molecular weight excluding hydrogens is 633 g/mol. The van der Waals surface area contributed by atoms with Crippen LogP contribution in [-0.4, -0.2) is 21.5 Å². The highest BCUT2D eigenvalue weighted by atomic mass is 79.9. The maximum absolute atomic E-state index is 13.4. The number of carbonyl (C=O) groups excluding carboxylic acids is 2. The summed E-state index contributed by atoms with van der Waals surface area (Å²) in [7, 11) is 0. The van der Waals surface area contributed by atoms with E-state index in [9.17, 15) is 9.59 Å². The molecule has 6 nitrogen and oxygen atoms in total. The number of hydrogen-bond donors (Lipinski definition) is 1. The topological polar surface area (TPSA) is 63.6 Å². The van der Waals surface area contributed by atoms with Gasteiger partial charge in [0.05, 0.1) is 15.7 Å². The summed E-state index contributed by atoms with van der Waals surface area (Å²) in [6.07, 6.45) is 1.58. The maximum atomic E-state index is 13.4. The van der Waals surface area contributed by atoms with Gasteiger partial charge in [-0.2, -0.15) is 0 Å². The molecule has 0 unspecified atom stereocenters. The lowest BCUT2D eigenvalue weighted by Crippen LogP contribution is -2.54. The highest BCUT2D eigenvalue weighted by Crippen LogP contribution is 2.30. The molecule has 0 radical (unpaired) electrons. The molecule has 10 heteroatoms. The van der Waals surface area contributed by atoms with E-state index in [0.29, 0.717) is 17.3 Å². The Kier molecular flexibility index (Phi) is 8.14. The van der Waals surface area contributed by atoms with Crippen LogP contribution in [0.1, 0.15) is 22.5 Å². The van der Waals surface area contributed by atoms with Gasteiger partial charge in [0.2, 0.25) is 0 Å². The SMILES string of the molecule is Cc1cc(/C=C2\C(=O)NC(=S)N(c3ccc(Cl)c(Cl)c3)C2=O)c(C)n1-c1ccc(OCc2ccc(Br)cc2)cc1. The molecule has 0 aliphatic carbocycles. The second-order valence-electron chi connectivity index (χ2n) is 9.13. The molecule has 0 spiro atoms. The third kappa shape index (κ3) is 5.71. The van der Waals surface area contributed by atoms with Crippen molar-refractivity contribution in [3.63, 3.8) is 0 Å². The van der Waals surface area contributed by atoms with Gasteiger partial charge in [-0.05, 0) is 104 Å². The molecule has 40 heavy (non-hydrogen) atoms. The van der Waals surface area contributed by atoms with E-state index in [1.54, 1.807) is 18.2 Å². The molecule has 1 saturated heterocycles. The Hall–Kier alpha value is -3.43. The van der Waals surface area contributed by atoms with E-state index in [-0.39, 0.29) is 15.7 Å². The summed E-state index contributed by atoms with van der Waals surface area (Å²) in [5, 5.41) is 3.18. The van der Waals surface area contributed by atoms with E-state index >= 15 is 0 Å². The second-order valence-corrected chi connectivity index (χ2v) is 11.2. The normalized spacial score (nSPS) is 14.6. The van der Waals surface area contributed by atoms with Crippen LogP contribution in [0.4, 0.5) is 5.69 Å². The Labute approximate surface area is 255 Å². The number of aromatic nitrogens is 1. The molecule has 5 rings (SSSR count). The van der Waals surface area contributed by atoms with E-state index in [0.717, 1.165) is 38.4 Å². The molecule has 2 amide bonds. The van der Waals surface area contributed by atoms with Crippen molar-refractivity contribution >= 4 is 80.0 Å². The van der Waals surface area contributed by atoms with Crippen molar-refractivity contribution in [1.82, 2.24) is 9.88 Å². The number of ether oxygens (including phenoxy) is 1. The first-order valence-corrected chi connectivity index (χ1v) is 14.1. The van der Waals surface area contributed by atoms with Crippen LogP contribution in [0.5, 0.6) is 5.75 Å². The van der Waals surface area contributed by atoms with E-state index in [4.69, 9.17) is 40.2 Å². The average molecular weight is 655 g/mol. The van der Waals surface area contributed by atoms with E-state index in [1.807, 2.05) is 68.4 Å². The summed E-state index contributed by atoms with van der Waals surface area (Å²) in [5.41, 5.74) is 4.89. The molecule has 3 aromatic carbocycles. The molecular formula is C30H22BrCl2N3O3S. The summed E-state index contributed by atoms with van der Waals surface area (Å²) in [4.78, 5) is 27.5. The van der Waals surface area contributed by atoms with Crippen LogP contribution in [0.3, 0.4) is 0 Å². The molecule has 1 aromatic heterocycles. The van der Waals surface area contributed by atoms with Crippen molar-refractivity contribution in [3.8, 4) is 11.4 Å². The first-order valence-electron chi connectivity index (χ1n) is 12.2. The molecule has 1 aliphatic rings. The maximum Gasteiger partial charge on any atom is 0.270 e. The van der Waals surface area contributed by atoms with Gasteiger partial charge in [0.15, 0.2) is 5.11 Å². The number of nitrogens with one attached hydrogen (secondary N) is 1. The monoisotopic (exact) mass is 653 g/mol. The van der Waals surface area contributed by atoms with Crippen LogP contribution in [0.25, 0.3) is 11.8 Å². The van der Waals surface area contributed by atoms with Gasteiger partial charge in [-0.3, -0.25) is 19.8 Å². The van der Waals surface area contributed by atoms with Crippen molar-refractivity contribution in [1.29, 1.82) is 0 Å². The highest BCUT2D eigenvalue weighted by Gasteiger charge is 2.35. The highest BCUT2D eigenvalue weighted by molar-refractivity contribution is 9.10. The number of thiocarbonyl (C=S) groups is 1. The number of benzene rings is 3. The predicted octanol–water partition coefficient (Wildman–Crippen LogP) is 7.57. The summed E-state index contributed by atoms with van der Waals surface area (Å²) in [6.45, 7) is 4.36. The minimum absolute atomic E-state index is 0.0292. The van der Waals surface area contributed by atoms with Gasteiger partial charge in [0, 0.05) is 21.5 Å².